The van der Waals surface area contributed by atoms with Gasteiger partial charge in [0.1, 0.15) is 0 Å². The summed E-state index contributed by atoms with van der Waals surface area (Å²) in [6.45, 7) is 0. The van der Waals surface area contributed by atoms with Gasteiger partial charge in [-0.05, 0) is 18.4 Å². The summed E-state index contributed by atoms with van der Waals surface area (Å²) in [6, 6.07) is 3.91. The maximum absolute atomic E-state index is 5.92. The Morgan fingerprint density at radius 2 is 2.11 bits per heavy atom. The molecule has 2 aromatic rings. The quantitative estimate of drug-likeness (QED) is 0.914. The minimum absolute atomic E-state index is 0.402. The summed E-state index contributed by atoms with van der Waals surface area (Å²) < 4.78 is 5.19. The molecule has 2 N–H and O–H groups in total. The van der Waals surface area contributed by atoms with Crippen molar-refractivity contribution in [2.24, 2.45) is 5.92 Å². The number of rotatable bonds is 3. The van der Waals surface area contributed by atoms with Gasteiger partial charge in [0.2, 0.25) is 5.88 Å². The number of hydrogen-bond acceptors (Lipinski definition) is 4. The Morgan fingerprint density at radius 3 is 2.84 bits per heavy atom. The zero-order valence-corrected chi connectivity index (χ0v) is 11.0. The number of aromatic nitrogens is 2. The number of nitrogens with two attached hydrogens (primary N) is 1. The first-order chi connectivity index (χ1) is 9.34. The highest BCUT2D eigenvalue weighted by molar-refractivity contribution is 5.74. The topological polar surface area (TPSA) is 64.9 Å². The molecule has 3 rings (SSSR count). The first-order valence-corrected chi connectivity index (χ1v) is 6.99. The zero-order chi connectivity index (χ0) is 13.1. The average Bonchev–Trinajstić information content (AvgIpc) is 2.82. The fourth-order valence-corrected chi connectivity index (χ4v) is 2.96. The van der Waals surface area contributed by atoms with E-state index in [2.05, 4.69) is 10.1 Å². The van der Waals surface area contributed by atoms with Crippen LogP contribution in [0.15, 0.2) is 29.0 Å². The van der Waals surface area contributed by atoms with E-state index in [1.807, 2.05) is 18.3 Å². The molecule has 2 aromatic heterocycles. The third-order valence-corrected chi connectivity index (χ3v) is 3.95. The van der Waals surface area contributed by atoms with Gasteiger partial charge in [0.05, 0.1) is 11.3 Å². The molecule has 0 radical (unpaired) electrons. The van der Waals surface area contributed by atoms with Gasteiger partial charge < -0.3 is 10.3 Å². The monoisotopic (exact) mass is 257 g/mol. The average molecular weight is 257 g/mol. The molecule has 0 aliphatic heterocycles. The second-order valence-electron chi connectivity index (χ2n) is 5.32. The molecule has 1 aliphatic rings. The Morgan fingerprint density at radius 1 is 1.26 bits per heavy atom. The fraction of sp³-hybridized carbons (Fsp3) is 0.467. The molecule has 1 fully saturated rings. The molecule has 0 saturated heterocycles. The van der Waals surface area contributed by atoms with Crippen molar-refractivity contribution < 1.29 is 4.52 Å². The highest BCUT2D eigenvalue weighted by Crippen LogP contribution is 2.33. The molecular weight excluding hydrogens is 238 g/mol. The number of nitrogen functional groups attached to an aromatic ring is 1. The predicted octanol–water partition coefficient (Wildman–Crippen LogP) is 3.44. The SMILES string of the molecule is Nc1onc(CC2CCCCC2)c1-c1cccnc1. The molecule has 0 unspecified atom stereocenters. The summed E-state index contributed by atoms with van der Waals surface area (Å²) in [5.74, 6) is 1.12. The van der Waals surface area contributed by atoms with Crippen molar-refractivity contribution in [1.82, 2.24) is 10.1 Å². The van der Waals surface area contributed by atoms with Crippen LogP contribution in [0.1, 0.15) is 37.8 Å². The number of hydrogen-bond donors (Lipinski definition) is 1. The Kier molecular flexibility index (Phi) is 3.49. The summed E-state index contributed by atoms with van der Waals surface area (Å²) in [5, 5.41) is 4.16. The van der Waals surface area contributed by atoms with Gasteiger partial charge in [-0.25, -0.2) is 0 Å². The second-order valence-corrected chi connectivity index (χ2v) is 5.32. The molecule has 4 heteroatoms. The smallest absolute Gasteiger partial charge is 0.230 e. The van der Waals surface area contributed by atoms with Crippen LogP contribution in [-0.4, -0.2) is 10.1 Å². The lowest BCUT2D eigenvalue weighted by molar-refractivity contribution is 0.345. The molecular formula is C15H19N3O. The molecule has 1 saturated carbocycles. The highest BCUT2D eigenvalue weighted by atomic mass is 16.5. The minimum atomic E-state index is 0.402. The van der Waals surface area contributed by atoms with Crippen LogP contribution in [0.25, 0.3) is 11.1 Å². The summed E-state index contributed by atoms with van der Waals surface area (Å²) in [4.78, 5) is 4.14. The number of nitrogens with zero attached hydrogens (tertiary/aromatic N) is 2. The first kappa shape index (κ1) is 12.2. The van der Waals surface area contributed by atoms with E-state index in [4.69, 9.17) is 10.3 Å². The zero-order valence-electron chi connectivity index (χ0n) is 11.0. The van der Waals surface area contributed by atoms with Gasteiger partial charge in [0.25, 0.3) is 0 Å². The molecule has 1 aliphatic carbocycles. The molecule has 0 bridgehead atoms. The molecule has 0 atom stereocenters. The van der Waals surface area contributed by atoms with Crippen molar-refractivity contribution in [2.45, 2.75) is 38.5 Å². The van der Waals surface area contributed by atoms with Crippen molar-refractivity contribution in [3.63, 3.8) is 0 Å². The Hall–Kier alpha value is -1.84. The van der Waals surface area contributed by atoms with E-state index in [1.54, 1.807) is 6.20 Å². The van der Waals surface area contributed by atoms with Crippen molar-refractivity contribution in [2.75, 3.05) is 5.73 Å². The Bertz CT molecular complexity index is 530. The summed E-state index contributed by atoms with van der Waals surface area (Å²) in [6.07, 6.45) is 11.2. The van der Waals surface area contributed by atoms with Crippen LogP contribution in [0.5, 0.6) is 0 Å². The second kappa shape index (κ2) is 5.43. The molecule has 100 valence electrons. The van der Waals surface area contributed by atoms with Crippen LogP contribution in [0.4, 0.5) is 5.88 Å². The minimum Gasteiger partial charge on any atom is -0.367 e. The Balaban J connectivity index is 1.86. The van der Waals surface area contributed by atoms with Crippen LogP contribution in [0.3, 0.4) is 0 Å². The third kappa shape index (κ3) is 2.62. The van der Waals surface area contributed by atoms with Gasteiger partial charge in [-0.3, -0.25) is 4.98 Å². The van der Waals surface area contributed by atoms with Gasteiger partial charge in [0, 0.05) is 18.0 Å². The highest BCUT2D eigenvalue weighted by Gasteiger charge is 2.21. The van der Waals surface area contributed by atoms with E-state index in [0.717, 1.165) is 23.2 Å². The van der Waals surface area contributed by atoms with Crippen LogP contribution in [0.2, 0.25) is 0 Å². The van der Waals surface area contributed by atoms with E-state index in [-0.39, 0.29) is 0 Å². The van der Waals surface area contributed by atoms with Crippen LogP contribution >= 0.6 is 0 Å². The number of pyridine rings is 1. The van der Waals surface area contributed by atoms with Gasteiger partial charge in [0.15, 0.2) is 0 Å². The molecule has 4 nitrogen and oxygen atoms in total. The lowest BCUT2D eigenvalue weighted by Crippen LogP contribution is -2.10. The lowest BCUT2D eigenvalue weighted by atomic mass is 9.85. The number of anilines is 1. The molecule has 0 spiro atoms. The van der Waals surface area contributed by atoms with Crippen molar-refractivity contribution in [3.8, 4) is 11.1 Å². The van der Waals surface area contributed by atoms with E-state index < -0.39 is 0 Å². The maximum Gasteiger partial charge on any atom is 0.230 e. The molecule has 2 heterocycles. The largest absolute Gasteiger partial charge is 0.367 e. The third-order valence-electron chi connectivity index (χ3n) is 3.95. The van der Waals surface area contributed by atoms with E-state index in [1.165, 1.54) is 32.1 Å². The van der Waals surface area contributed by atoms with E-state index >= 15 is 0 Å². The van der Waals surface area contributed by atoms with Gasteiger partial charge >= 0.3 is 0 Å². The molecule has 19 heavy (non-hydrogen) atoms. The standard InChI is InChI=1S/C15H19N3O/c16-15-14(12-7-4-8-17-10-12)13(18-19-15)9-11-5-2-1-3-6-11/h4,7-8,10-11H,1-3,5-6,9,16H2. The summed E-state index contributed by atoms with van der Waals surface area (Å²) in [7, 11) is 0. The van der Waals surface area contributed by atoms with Crippen LogP contribution in [0, 0.1) is 5.92 Å². The van der Waals surface area contributed by atoms with Crippen molar-refractivity contribution in [1.29, 1.82) is 0 Å². The lowest BCUT2D eigenvalue weighted by Gasteiger charge is -2.20. The van der Waals surface area contributed by atoms with Gasteiger partial charge in [-0.15, -0.1) is 0 Å². The summed E-state index contributed by atoms with van der Waals surface area (Å²) in [5.41, 5.74) is 8.83. The normalized spacial score (nSPS) is 16.6. The van der Waals surface area contributed by atoms with Gasteiger partial charge in [-0.1, -0.05) is 43.3 Å². The maximum atomic E-state index is 5.92. The first-order valence-electron chi connectivity index (χ1n) is 6.99. The fourth-order valence-electron chi connectivity index (χ4n) is 2.96. The van der Waals surface area contributed by atoms with Crippen molar-refractivity contribution >= 4 is 5.88 Å². The van der Waals surface area contributed by atoms with E-state index in [0.29, 0.717) is 11.8 Å². The van der Waals surface area contributed by atoms with Crippen LogP contribution in [-0.2, 0) is 6.42 Å². The molecule has 0 amide bonds. The Labute approximate surface area is 113 Å². The van der Waals surface area contributed by atoms with Gasteiger partial charge in [-0.2, -0.15) is 0 Å². The predicted molar refractivity (Wildman–Crippen MR) is 74.4 cm³/mol. The van der Waals surface area contributed by atoms with Crippen molar-refractivity contribution in [3.05, 3.63) is 30.2 Å². The van der Waals surface area contributed by atoms with Crippen LogP contribution < -0.4 is 5.73 Å². The molecule has 0 aromatic carbocycles. The summed E-state index contributed by atoms with van der Waals surface area (Å²) >= 11 is 0. The van der Waals surface area contributed by atoms with E-state index in [9.17, 15) is 0 Å².